The van der Waals surface area contributed by atoms with Crippen molar-refractivity contribution in [3.05, 3.63) is 33.9 Å². The van der Waals surface area contributed by atoms with Gasteiger partial charge in [0.2, 0.25) is 0 Å². The lowest BCUT2D eigenvalue weighted by molar-refractivity contribution is -0.385. The second kappa shape index (κ2) is 4.47. The largest absolute Gasteiger partial charge is 0.485 e. The van der Waals surface area contributed by atoms with Gasteiger partial charge in [0.05, 0.1) is 11.0 Å². The molecular weight excluding hydrogens is 248 g/mol. The summed E-state index contributed by atoms with van der Waals surface area (Å²) < 4.78 is 5.75. The van der Waals surface area contributed by atoms with E-state index in [4.69, 9.17) is 4.74 Å². The maximum atomic E-state index is 10.9. The van der Waals surface area contributed by atoms with E-state index in [1.165, 1.54) is 12.1 Å². The minimum Gasteiger partial charge on any atom is -0.485 e. The first kappa shape index (κ1) is 13.8. The maximum absolute atomic E-state index is 10.9. The highest BCUT2D eigenvalue weighted by atomic mass is 16.6. The van der Waals surface area contributed by atoms with E-state index in [0.717, 1.165) is 0 Å². The van der Waals surface area contributed by atoms with Crippen LogP contribution in [-0.2, 0) is 0 Å². The molecule has 1 aromatic rings. The summed E-state index contributed by atoms with van der Waals surface area (Å²) in [4.78, 5) is 12.3. The van der Waals surface area contributed by atoms with Crippen LogP contribution in [0, 0.1) is 10.1 Å². The number of nitro groups is 1. The summed E-state index contributed by atoms with van der Waals surface area (Å²) in [6, 6.07) is 4.15. The van der Waals surface area contributed by atoms with E-state index in [9.17, 15) is 15.2 Å². The summed E-state index contributed by atoms with van der Waals surface area (Å²) in [5, 5.41) is 21.3. The number of ether oxygens (including phenoxy) is 1. The summed E-state index contributed by atoms with van der Waals surface area (Å²) in [6.07, 6.45) is -0.767. The highest BCUT2D eigenvalue weighted by Gasteiger charge is 2.44. The Morgan fingerprint density at radius 3 is 2.58 bits per heavy atom. The van der Waals surface area contributed by atoms with Gasteiger partial charge in [-0.3, -0.25) is 15.0 Å². The standard InChI is InChI=1S/C13H18N2O4/c1-13(2)12(16)11(14(3)4)9-7-8(15(17)18)5-6-10(9)19-13/h5-7,11-12,16H,1-4H3/t11-,12+/m1/s1. The van der Waals surface area contributed by atoms with Gasteiger partial charge in [0.15, 0.2) is 0 Å². The molecule has 2 rings (SSSR count). The molecule has 0 aromatic heterocycles. The number of aliphatic hydroxyl groups excluding tert-OH is 1. The Hall–Kier alpha value is -1.66. The molecule has 0 bridgehead atoms. The summed E-state index contributed by atoms with van der Waals surface area (Å²) in [6.45, 7) is 3.61. The van der Waals surface area contributed by atoms with Crippen LogP contribution in [0.25, 0.3) is 0 Å². The van der Waals surface area contributed by atoms with Crippen LogP contribution in [0.15, 0.2) is 18.2 Å². The Kier molecular flexibility index (Phi) is 3.24. The van der Waals surface area contributed by atoms with Gasteiger partial charge in [-0.25, -0.2) is 0 Å². The average Bonchev–Trinajstić information content (AvgIpc) is 2.29. The lowest BCUT2D eigenvalue weighted by Gasteiger charge is -2.44. The number of nitrogens with zero attached hydrogens (tertiary/aromatic N) is 2. The zero-order valence-corrected chi connectivity index (χ0v) is 11.5. The van der Waals surface area contributed by atoms with Gasteiger partial charge in [0, 0.05) is 17.7 Å². The smallest absolute Gasteiger partial charge is 0.270 e. The molecule has 0 amide bonds. The van der Waals surface area contributed by atoms with Crippen LogP contribution < -0.4 is 4.74 Å². The number of nitro benzene ring substituents is 1. The second-order valence-electron chi connectivity index (χ2n) is 5.54. The molecule has 0 unspecified atom stereocenters. The first-order chi connectivity index (χ1) is 8.74. The maximum Gasteiger partial charge on any atom is 0.270 e. The van der Waals surface area contributed by atoms with E-state index in [1.807, 2.05) is 19.0 Å². The average molecular weight is 266 g/mol. The normalized spacial score (nSPS) is 24.7. The molecule has 1 aliphatic heterocycles. The van der Waals surface area contributed by atoms with Crippen molar-refractivity contribution in [3.63, 3.8) is 0 Å². The van der Waals surface area contributed by atoms with Gasteiger partial charge in [0.25, 0.3) is 5.69 Å². The molecule has 0 spiro atoms. The highest BCUT2D eigenvalue weighted by Crippen LogP contribution is 2.43. The Morgan fingerprint density at radius 1 is 1.42 bits per heavy atom. The van der Waals surface area contributed by atoms with Gasteiger partial charge in [0.1, 0.15) is 17.5 Å². The summed E-state index contributed by atoms with van der Waals surface area (Å²) in [7, 11) is 3.66. The van der Waals surface area contributed by atoms with Crippen molar-refractivity contribution >= 4 is 5.69 Å². The van der Waals surface area contributed by atoms with Crippen LogP contribution >= 0.6 is 0 Å². The highest BCUT2D eigenvalue weighted by molar-refractivity contribution is 5.47. The van der Waals surface area contributed by atoms with Crippen molar-refractivity contribution in [3.8, 4) is 5.75 Å². The molecule has 19 heavy (non-hydrogen) atoms. The van der Waals surface area contributed by atoms with Gasteiger partial charge < -0.3 is 9.84 Å². The zero-order valence-electron chi connectivity index (χ0n) is 11.5. The van der Waals surface area contributed by atoms with Crippen LogP contribution in [0.2, 0.25) is 0 Å². The van der Waals surface area contributed by atoms with Crippen molar-refractivity contribution < 1.29 is 14.8 Å². The molecule has 1 aromatic carbocycles. The Morgan fingerprint density at radius 2 is 2.05 bits per heavy atom. The molecular formula is C13H18N2O4. The Labute approximate surface area is 111 Å². The van der Waals surface area contributed by atoms with Crippen molar-refractivity contribution in [1.82, 2.24) is 4.90 Å². The number of benzene rings is 1. The van der Waals surface area contributed by atoms with Gasteiger partial charge >= 0.3 is 0 Å². The molecule has 2 atom stereocenters. The van der Waals surface area contributed by atoms with Gasteiger partial charge in [-0.05, 0) is 34.0 Å². The van der Waals surface area contributed by atoms with Crippen LogP contribution in [0.1, 0.15) is 25.5 Å². The van der Waals surface area contributed by atoms with Crippen molar-refractivity contribution in [2.24, 2.45) is 0 Å². The van der Waals surface area contributed by atoms with Gasteiger partial charge in [-0.2, -0.15) is 0 Å². The molecule has 104 valence electrons. The fourth-order valence-corrected chi connectivity index (χ4v) is 2.43. The molecule has 0 fully saturated rings. The molecule has 0 radical (unpaired) electrons. The molecule has 6 nitrogen and oxygen atoms in total. The van der Waals surface area contributed by atoms with Crippen LogP contribution in [0.5, 0.6) is 5.75 Å². The lowest BCUT2D eigenvalue weighted by Crippen LogP contribution is -2.52. The van der Waals surface area contributed by atoms with E-state index in [2.05, 4.69) is 0 Å². The van der Waals surface area contributed by atoms with Crippen molar-refractivity contribution in [1.29, 1.82) is 0 Å². The molecule has 0 aliphatic carbocycles. The van der Waals surface area contributed by atoms with E-state index >= 15 is 0 Å². The van der Waals surface area contributed by atoms with Gasteiger partial charge in [-0.1, -0.05) is 0 Å². The quantitative estimate of drug-likeness (QED) is 0.651. The second-order valence-corrected chi connectivity index (χ2v) is 5.54. The van der Waals surface area contributed by atoms with Crippen LogP contribution in [0.3, 0.4) is 0 Å². The number of hydrogen-bond donors (Lipinski definition) is 1. The fraction of sp³-hybridized carbons (Fsp3) is 0.538. The molecule has 1 aliphatic rings. The minimum absolute atomic E-state index is 0.00102. The number of non-ortho nitro benzene ring substituents is 1. The molecule has 0 saturated carbocycles. The summed E-state index contributed by atoms with van der Waals surface area (Å²) in [5.74, 6) is 0.583. The van der Waals surface area contributed by atoms with Crippen LogP contribution in [0.4, 0.5) is 5.69 Å². The number of likely N-dealkylation sites (N-methyl/N-ethyl adjacent to an activating group) is 1. The SMILES string of the molecule is CN(C)[C@@H]1c2cc([N+](=O)[O-])ccc2OC(C)(C)[C@H]1O. The van der Waals surface area contributed by atoms with E-state index < -0.39 is 16.6 Å². The molecule has 1 heterocycles. The predicted octanol–water partition coefficient (Wildman–Crippen LogP) is 1.73. The van der Waals surface area contributed by atoms with Crippen LogP contribution in [-0.4, -0.2) is 40.7 Å². The number of rotatable bonds is 2. The topological polar surface area (TPSA) is 75.8 Å². The molecule has 1 N–H and O–H groups in total. The summed E-state index contributed by atoms with van der Waals surface area (Å²) >= 11 is 0. The minimum atomic E-state index is -0.767. The van der Waals surface area contributed by atoms with E-state index in [0.29, 0.717) is 11.3 Å². The summed E-state index contributed by atoms with van der Waals surface area (Å²) in [5.41, 5.74) is -0.0925. The monoisotopic (exact) mass is 266 g/mol. The van der Waals surface area contributed by atoms with Crippen molar-refractivity contribution in [2.75, 3.05) is 14.1 Å². The number of aliphatic hydroxyl groups is 1. The third-order valence-corrected chi connectivity index (χ3v) is 3.46. The number of fused-ring (bicyclic) bond motifs is 1. The zero-order chi connectivity index (χ0) is 14.4. The number of hydrogen-bond acceptors (Lipinski definition) is 5. The predicted molar refractivity (Wildman–Crippen MR) is 70.2 cm³/mol. The Bertz CT molecular complexity index is 513. The molecule has 0 saturated heterocycles. The van der Waals surface area contributed by atoms with Crippen molar-refractivity contribution in [2.45, 2.75) is 31.6 Å². The van der Waals surface area contributed by atoms with E-state index in [-0.39, 0.29) is 11.7 Å². The lowest BCUT2D eigenvalue weighted by atomic mass is 9.86. The Balaban J connectivity index is 2.57. The first-order valence-electron chi connectivity index (χ1n) is 6.06. The van der Waals surface area contributed by atoms with E-state index in [1.54, 1.807) is 19.9 Å². The third kappa shape index (κ3) is 2.29. The first-order valence-corrected chi connectivity index (χ1v) is 6.06. The molecule has 6 heteroatoms. The van der Waals surface area contributed by atoms with Gasteiger partial charge in [-0.15, -0.1) is 0 Å². The fourth-order valence-electron chi connectivity index (χ4n) is 2.43. The third-order valence-electron chi connectivity index (χ3n) is 3.46.